The normalized spacial score (nSPS) is 14.4. The van der Waals surface area contributed by atoms with Gasteiger partial charge in [-0.2, -0.15) is 0 Å². The van der Waals surface area contributed by atoms with Crippen LogP contribution in [-0.4, -0.2) is 54.5 Å². The fourth-order valence-electron chi connectivity index (χ4n) is 4.86. The molecule has 3 aromatic rings. The van der Waals surface area contributed by atoms with E-state index in [0.717, 1.165) is 22.7 Å². The first-order valence-electron chi connectivity index (χ1n) is 13.8. The summed E-state index contributed by atoms with van der Waals surface area (Å²) in [6, 6.07) is 19.7. The van der Waals surface area contributed by atoms with Gasteiger partial charge in [0.15, 0.2) is 0 Å². The summed E-state index contributed by atoms with van der Waals surface area (Å²) in [4.78, 5) is 41.7. The summed E-state index contributed by atoms with van der Waals surface area (Å²) in [5, 5.41) is 3.66. The highest BCUT2D eigenvalue weighted by molar-refractivity contribution is 7.90. The molecule has 222 valence electrons. The highest BCUT2D eigenvalue weighted by atomic mass is 35.5. The van der Waals surface area contributed by atoms with Gasteiger partial charge in [-0.15, -0.1) is 0 Å². The predicted molar refractivity (Wildman–Crippen MR) is 163 cm³/mol. The molecule has 0 fully saturated rings. The Kier molecular flexibility index (Phi) is 10.6. The molecule has 0 radical (unpaired) electrons. The van der Waals surface area contributed by atoms with Crippen LogP contribution in [0.4, 0.5) is 0 Å². The lowest BCUT2D eigenvalue weighted by atomic mass is 10.0. The first-order chi connectivity index (χ1) is 20.1. The minimum atomic E-state index is -3.99. The van der Waals surface area contributed by atoms with E-state index in [1.807, 2.05) is 37.3 Å². The molecule has 1 atom stereocenters. The van der Waals surface area contributed by atoms with E-state index in [9.17, 15) is 22.8 Å². The van der Waals surface area contributed by atoms with Crippen LogP contribution in [0.5, 0.6) is 0 Å². The number of fused-ring (bicyclic) bond motifs is 1. The Hall–Kier alpha value is -3.40. The van der Waals surface area contributed by atoms with Crippen LogP contribution >= 0.6 is 23.2 Å². The van der Waals surface area contributed by atoms with Crippen LogP contribution < -0.4 is 5.32 Å². The van der Waals surface area contributed by atoms with E-state index in [4.69, 9.17) is 23.2 Å². The van der Waals surface area contributed by atoms with Crippen LogP contribution in [0.15, 0.2) is 77.7 Å². The van der Waals surface area contributed by atoms with Crippen LogP contribution in [0, 0.1) is 0 Å². The van der Waals surface area contributed by atoms with Gasteiger partial charge in [0.2, 0.25) is 11.8 Å². The molecule has 0 aliphatic carbocycles. The summed E-state index contributed by atoms with van der Waals surface area (Å²) in [6.07, 6.45) is 1.98. The van der Waals surface area contributed by atoms with Gasteiger partial charge < -0.3 is 10.2 Å². The van der Waals surface area contributed by atoms with E-state index < -0.39 is 22.0 Å². The van der Waals surface area contributed by atoms with Crippen molar-refractivity contribution in [1.82, 2.24) is 14.5 Å². The van der Waals surface area contributed by atoms with Gasteiger partial charge in [-0.05, 0) is 48.2 Å². The van der Waals surface area contributed by atoms with Crippen molar-refractivity contribution >= 4 is 50.9 Å². The van der Waals surface area contributed by atoms with E-state index in [0.29, 0.717) is 22.2 Å². The maximum Gasteiger partial charge on any atom is 0.269 e. The zero-order chi connectivity index (χ0) is 30.3. The van der Waals surface area contributed by atoms with Crippen molar-refractivity contribution in [2.45, 2.75) is 56.5 Å². The van der Waals surface area contributed by atoms with Crippen molar-refractivity contribution in [2.24, 2.45) is 0 Å². The molecule has 0 spiro atoms. The van der Waals surface area contributed by atoms with E-state index in [1.54, 1.807) is 30.3 Å². The number of halogens is 2. The van der Waals surface area contributed by atoms with Crippen LogP contribution in [0.25, 0.3) is 0 Å². The van der Waals surface area contributed by atoms with E-state index in [1.165, 1.54) is 17.0 Å². The van der Waals surface area contributed by atoms with Gasteiger partial charge >= 0.3 is 0 Å². The first-order valence-corrected chi connectivity index (χ1v) is 16.0. The lowest BCUT2D eigenvalue weighted by Crippen LogP contribution is -2.50. The lowest BCUT2D eigenvalue weighted by molar-refractivity contribution is -0.141. The second-order valence-corrected chi connectivity index (χ2v) is 12.7. The molecule has 4 rings (SSSR count). The molecule has 11 heteroatoms. The summed E-state index contributed by atoms with van der Waals surface area (Å²) in [5.41, 5.74) is 1.69. The van der Waals surface area contributed by atoms with Crippen molar-refractivity contribution in [1.29, 1.82) is 0 Å². The Labute approximate surface area is 256 Å². The number of nitrogens with one attached hydrogen (secondary N) is 1. The average molecular weight is 631 g/mol. The molecule has 42 heavy (non-hydrogen) atoms. The zero-order valence-electron chi connectivity index (χ0n) is 23.3. The number of carbonyl (C=O) groups is 3. The van der Waals surface area contributed by atoms with Crippen molar-refractivity contribution in [3.05, 3.63) is 99.5 Å². The molecule has 0 saturated carbocycles. The van der Waals surface area contributed by atoms with Gasteiger partial charge in [-0.3, -0.25) is 14.4 Å². The standard InChI is InChI=1S/C31H33Cl2N3O5S/c1-2-3-17-34-30(38)27(20-22-10-5-4-6-11-22)35(21-23-15-16-25(32)26(33)19-23)29(37)14-9-18-36-31(39)24-12-7-8-13-28(24)42(36,40)41/h4-8,10-13,15-16,19,27H,2-3,9,14,17-18,20-21H2,1H3,(H,34,38)/t27-/m0/s1. The molecular formula is C31H33Cl2N3O5S. The number of hydrogen-bond acceptors (Lipinski definition) is 5. The Balaban J connectivity index is 1.57. The smallest absolute Gasteiger partial charge is 0.269 e. The minimum absolute atomic E-state index is 0.0331. The molecule has 1 N–H and O–H groups in total. The van der Waals surface area contributed by atoms with Crippen LogP contribution in [0.3, 0.4) is 0 Å². The maximum atomic E-state index is 13.8. The van der Waals surface area contributed by atoms with Crippen molar-refractivity contribution in [3.63, 3.8) is 0 Å². The molecule has 0 bridgehead atoms. The van der Waals surface area contributed by atoms with E-state index in [-0.39, 0.29) is 54.6 Å². The number of benzene rings is 3. The number of carbonyl (C=O) groups excluding carboxylic acids is 3. The molecule has 0 saturated heterocycles. The van der Waals surface area contributed by atoms with Gasteiger partial charge in [0.1, 0.15) is 10.9 Å². The third-order valence-corrected chi connectivity index (χ3v) is 9.68. The number of sulfonamides is 1. The van der Waals surface area contributed by atoms with Gasteiger partial charge in [-0.25, -0.2) is 12.7 Å². The maximum absolute atomic E-state index is 13.8. The van der Waals surface area contributed by atoms with Crippen molar-refractivity contribution < 1.29 is 22.8 Å². The highest BCUT2D eigenvalue weighted by Crippen LogP contribution is 2.30. The Bertz CT molecular complexity index is 1550. The first kappa shape index (κ1) is 31.5. The number of unbranched alkanes of at least 4 members (excludes halogenated alkanes) is 1. The Morgan fingerprint density at radius 2 is 1.64 bits per heavy atom. The van der Waals surface area contributed by atoms with Crippen molar-refractivity contribution in [2.75, 3.05) is 13.1 Å². The zero-order valence-corrected chi connectivity index (χ0v) is 25.6. The molecule has 1 heterocycles. The van der Waals surface area contributed by atoms with Gasteiger partial charge in [-0.1, -0.05) is 85.1 Å². The number of nitrogens with zero attached hydrogens (tertiary/aromatic N) is 2. The molecule has 3 amide bonds. The molecule has 0 aromatic heterocycles. The Morgan fingerprint density at radius 3 is 2.33 bits per heavy atom. The average Bonchev–Trinajstić information content (AvgIpc) is 3.17. The van der Waals surface area contributed by atoms with Crippen LogP contribution in [0.1, 0.15) is 54.1 Å². The molecule has 1 aliphatic rings. The molecule has 3 aromatic carbocycles. The number of amides is 3. The van der Waals surface area contributed by atoms with E-state index >= 15 is 0 Å². The summed E-state index contributed by atoms with van der Waals surface area (Å²) in [5.74, 6) is -1.24. The fourth-order valence-corrected chi connectivity index (χ4v) is 6.79. The topological polar surface area (TPSA) is 104 Å². The number of rotatable bonds is 13. The summed E-state index contributed by atoms with van der Waals surface area (Å²) in [7, 11) is -3.99. The largest absolute Gasteiger partial charge is 0.354 e. The lowest BCUT2D eigenvalue weighted by Gasteiger charge is -2.32. The molecule has 0 unspecified atom stereocenters. The van der Waals surface area contributed by atoms with Crippen LogP contribution in [0.2, 0.25) is 10.0 Å². The second kappa shape index (κ2) is 14.2. The third kappa shape index (κ3) is 7.32. The predicted octanol–water partition coefficient (Wildman–Crippen LogP) is 5.47. The van der Waals surface area contributed by atoms with Gasteiger partial charge in [0.05, 0.1) is 15.6 Å². The highest BCUT2D eigenvalue weighted by Gasteiger charge is 2.40. The van der Waals surface area contributed by atoms with Gasteiger partial charge in [0.25, 0.3) is 15.9 Å². The monoisotopic (exact) mass is 629 g/mol. The molecule has 8 nitrogen and oxygen atoms in total. The third-order valence-electron chi connectivity index (χ3n) is 7.10. The van der Waals surface area contributed by atoms with Gasteiger partial charge in [0, 0.05) is 32.5 Å². The molecule has 1 aliphatic heterocycles. The minimum Gasteiger partial charge on any atom is -0.354 e. The quantitative estimate of drug-likeness (QED) is 0.252. The van der Waals surface area contributed by atoms with Crippen molar-refractivity contribution in [3.8, 4) is 0 Å². The van der Waals surface area contributed by atoms with E-state index in [2.05, 4.69) is 5.32 Å². The Morgan fingerprint density at radius 1 is 0.929 bits per heavy atom. The second-order valence-electron chi connectivity index (χ2n) is 10.1. The summed E-state index contributed by atoms with van der Waals surface area (Å²) < 4.78 is 26.7. The molecular weight excluding hydrogens is 597 g/mol. The fraction of sp³-hybridized carbons (Fsp3) is 0.323. The van der Waals surface area contributed by atoms with Crippen LogP contribution in [-0.2, 0) is 32.6 Å². The number of hydrogen-bond donors (Lipinski definition) is 1. The summed E-state index contributed by atoms with van der Waals surface area (Å²) in [6.45, 7) is 2.43. The SMILES string of the molecule is CCCCNC(=O)[C@H](Cc1ccccc1)N(Cc1ccc(Cl)c(Cl)c1)C(=O)CCCN1C(=O)c2ccccc2S1(=O)=O. The summed E-state index contributed by atoms with van der Waals surface area (Å²) >= 11 is 12.4.